The molecule has 0 N–H and O–H groups in total. The standard InChI is InChI=1S/C10H17NO3/c1-5-6-7-14-10(13)8(2)9(12)11(3)4/h2,5-7H2,1,3-4H3. The van der Waals surface area contributed by atoms with E-state index in [-0.39, 0.29) is 5.57 Å². The Morgan fingerprint density at radius 1 is 1.36 bits per heavy atom. The summed E-state index contributed by atoms with van der Waals surface area (Å²) in [7, 11) is 3.12. The monoisotopic (exact) mass is 199 g/mol. The summed E-state index contributed by atoms with van der Waals surface area (Å²) in [6, 6.07) is 0. The van der Waals surface area contributed by atoms with Crippen LogP contribution in [0.3, 0.4) is 0 Å². The molecule has 0 aromatic rings. The highest BCUT2D eigenvalue weighted by Crippen LogP contribution is 2.00. The summed E-state index contributed by atoms with van der Waals surface area (Å²) in [6.07, 6.45) is 1.75. The molecule has 0 spiro atoms. The number of carbonyl (C=O) groups is 2. The Bertz CT molecular complexity index is 234. The van der Waals surface area contributed by atoms with Crippen molar-refractivity contribution in [2.75, 3.05) is 20.7 Å². The molecule has 4 nitrogen and oxygen atoms in total. The van der Waals surface area contributed by atoms with Gasteiger partial charge in [-0.05, 0) is 6.42 Å². The van der Waals surface area contributed by atoms with Gasteiger partial charge in [-0.2, -0.15) is 0 Å². The van der Waals surface area contributed by atoms with Crippen LogP contribution in [0.25, 0.3) is 0 Å². The average Bonchev–Trinajstić information content (AvgIpc) is 2.15. The molecule has 14 heavy (non-hydrogen) atoms. The van der Waals surface area contributed by atoms with Gasteiger partial charge in [-0.15, -0.1) is 0 Å². The van der Waals surface area contributed by atoms with Crippen molar-refractivity contribution < 1.29 is 14.3 Å². The number of unbranched alkanes of at least 4 members (excludes halogenated alkanes) is 1. The normalized spacial score (nSPS) is 9.36. The second kappa shape index (κ2) is 6.18. The molecule has 0 rings (SSSR count). The van der Waals surface area contributed by atoms with Crippen LogP contribution in [0.4, 0.5) is 0 Å². The highest BCUT2D eigenvalue weighted by atomic mass is 16.5. The molecule has 0 aromatic heterocycles. The van der Waals surface area contributed by atoms with Crippen molar-refractivity contribution in [2.24, 2.45) is 0 Å². The molecule has 80 valence electrons. The highest BCUT2D eigenvalue weighted by molar-refractivity contribution is 6.15. The molecule has 0 heterocycles. The Labute approximate surface area is 84.5 Å². The van der Waals surface area contributed by atoms with Crippen molar-refractivity contribution >= 4 is 11.9 Å². The average molecular weight is 199 g/mol. The summed E-state index contributed by atoms with van der Waals surface area (Å²) in [6.45, 7) is 5.72. The van der Waals surface area contributed by atoms with E-state index in [1.54, 1.807) is 14.1 Å². The van der Waals surface area contributed by atoms with Gasteiger partial charge in [-0.25, -0.2) is 4.79 Å². The maximum Gasteiger partial charge on any atom is 0.343 e. The summed E-state index contributed by atoms with van der Waals surface area (Å²) in [5.41, 5.74) is -0.119. The van der Waals surface area contributed by atoms with Crippen LogP contribution in [0, 0.1) is 0 Å². The zero-order valence-electron chi connectivity index (χ0n) is 9.00. The molecule has 0 atom stereocenters. The van der Waals surface area contributed by atoms with Crippen molar-refractivity contribution in [1.82, 2.24) is 4.90 Å². The maximum atomic E-state index is 11.2. The van der Waals surface area contributed by atoms with Gasteiger partial charge >= 0.3 is 5.97 Å². The minimum atomic E-state index is -0.628. The first kappa shape index (κ1) is 12.7. The topological polar surface area (TPSA) is 46.6 Å². The minimum Gasteiger partial charge on any atom is -0.462 e. The van der Waals surface area contributed by atoms with E-state index in [2.05, 4.69) is 6.58 Å². The number of hydrogen-bond acceptors (Lipinski definition) is 3. The fourth-order valence-corrected chi connectivity index (χ4v) is 0.754. The highest BCUT2D eigenvalue weighted by Gasteiger charge is 2.18. The van der Waals surface area contributed by atoms with Gasteiger partial charge in [0.2, 0.25) is 0 Å². The number of carbonyl (C=O) groups excluding carboxylic acids is 2. The third-order valence-electron chi connectivity index (χ3n) is 1.64. The van der Waals surface area contributed by atoms with Crippen molar-refractivity contribution in [1.29, 1.82) is 0 Å². The van der Waals surface area contributed by atoms with Crippen LogP contribution in [-0.2, 0) is 14.3 Å². The quantitative estimate of drug-likeness (QED) is 0.218. The predicted molar refractivity (Wildman–Crippen MR) is 53.7 cm³/mol. The first-order chi connectivity index (χ1) is 6.50. The Kier molecular flexibility index (Phi) is 5.60. The predicted octanol–water partition coefficient (Wildman–Crippen LogP) is 0.974. The number of amides is 1. The van der Waals surface area contributed by atoms with E-state index in [0.717, 1.165) is 12.8 Å². The molecule has 1 amide bonds. The van der Waals surface area contributed by atoms with Crippen molar-refractivity contribution in [2.45, 2.75) is 19.8 Å². The van der Waals surface area contributed by atoms with Gasteiger partial charge in [0.15, 0.2) is 0 Å². The number of nitrogens with zero attached hydrogens (tertiary/aromatic N) is 1. The van der Waals surface area contributed by atoms with Crippen molar-refractivity contribution in [3.8, 4) is 0 Å². The van der Waals surface area contributed by atoms with E-state index in [1.165, 1.54) is 4.90 Å². The second-order valence-corrected chi connectivity index (χ2v) is 3.17. The molecule has 0 aliphatic carbocycles. The molecular weight excluding hydrogens is 182 g/mol. The number of likely N-dealkylation sites (N-methyl/N-ethyl adjacent to an activating group) is 1. The first-order valence-corrected chi connectivity index (χ1v) is 4.58. The van der Waals surface area contributed by atoms with Crippen LogP contribution < -0.4 is 0 Å². The molecular formula is C10H17NO3. The number of esters is 1. The van der Waals surface area contributed by atoms with Gasteiger partial charge in [-0.3, -0.25) is 4.79 Å². The van der Waals surface area contributed by atoms with Crippen molar-refractivity contribution in [3.63, 3.8) is 0 Å². The molecule has 0 fully saturated rings. The van der Waals surface area contributed by atoms with E-state index < -0.39 is 11.9 Å². The molecule has 0 saturated heterocycles. The zero-order valence-corrected chi connectivity index (χ0v) is 9.00. The largest absolute Gasteiger partial charge is 0.462 e. The van der Waals surface area contributed by atoms with E-state index in [0.29, 0.717) is 6.61 Å². The van der Waals surface area contributed by atoms with Crippen molar-refractivity contribution in [3.05, 3.63) is 12.2 Å². The minimum absolute atomic E-state index is 0.119. The third kappa shape index (κ3) is 4.07. The van der Waals surface area contributed by atoms with Crippen LogP contribution in [0.15, 0.2) is 12.2 Å². The lowest BCUT2D eigenvalue weighted by molar-refractivity contribution is -0.142. The lowest BCUT2D eigenvalue weighted by atomic mass is 10.3. The zero-order chi connectivity index (χ0) is 11.1. The van der Waals surface area contributed by atoms with E-state index in [9.17, 15) is 9.59 Å². The van der Waals surface area contributed by atoms with E-state index >= 15 is 0 Å². The van der Waals surface area contributed by atoms with Gasteiger partial charge < -0.3 is 9.64 Å². The maximum absolute atomic E-state index is 11.2. The van der Waals surface area contributed by atoms with Gasteiger partial charge in [0.1, 0.15) is 5.57 Å². The molecule has 4 heteroatoms. The molecule has 0 radical (unpaired) electrons. The number of hydrogen-bond donors (Lipinski definition) is 0. The Morgan fingerprint density at radius 2 is 1.93 bits per heavy atom. The summed E-state index contributed by atoms with van der Waals surface area (Å²) < 4.78 is 4.83. The van der Waals surface area contributed by atoms with Crippen LogP contribution >= 0.6 is 0 Å². The van der Waals surface area contributed by atoms with Crippen LogP contribution in [0.5, 0.6) is 0 Å². The lowest BCUT2D eigenvalue weighted by Crippen LogP contribution is -2.27. The SMILES string of the molecule is C=C(C(=O)OCCCC)C(=O)N(C)C. The summed E-state index contributed by atoms with van der Waals surface area (Å²) in [4.78, 5) is 23.7. The van der Waals surface area contributed by atoms with Gasteiger partial charge in [0.25, 0.3) is 5.91 Å². The molecule has 0 saturated carbocycles. The van der Waals surface area contributed by atoms with Gasteiger partial charge in [0.05, 0.1) is 6.61 Å². The summed E-state index contributed by atoms with van der Waals surface area (Å²) in [5, 5.41) is 0. The summed E-state index contributed by atoms with van der Waals surface area (Å²) >= 11 is 0. The molecule has 0 unspecified atom stereocenters. The van der Waals surface area contributed by atoms with Gasteiger partial charge in [-0.1, -0.05) is 19.9 Å². The fraction of sp³-hybridized carbons (Fsp3) is 0.600. The van der Waals surface area contributed by atoms with Gasteiger partial charge in [0, 0.05) is 14.1 Å². The summed E-state index contributed by atoms with van der Waals surface area (Å²) in [5.74, 6) is -1.04. The molecule has 0 aliphatic rings. The second-order valence-electron chi connectivity index (χ2n) is 3.17. The lowest BCUT2D eigenvalue weighted by Gasteiger charge is -2.11. The molecule has 0 bridgehead atoms. The van der Waals surface area contributed by atoms with Crippen LogP contribution in [0.2, 0.25) is 0 Å². The molecule has 0 aliphatic heterocycles. The Morgan fingerprint density at radius 3 is 2.36 bits per heavy atom. The number of rotatable bonds is 5. The van der Waals surface area contributed by atoms with E-state index in [1.807, 2.05) is 6.92 Å². The third-order valence-corrected chi connectivity index (χ3v) is 1.64. The molecule has 0 aromatic carbocycles. The fourth-order valence-electron chi connectivity index (χ4n) is 0.754. The van der Waals surface area contributed by atoms with E-state index in [4.69, 9.17) is 4.74 Å². The Balaban J connectivity index is 4.00. The first-order valence-electron chi connectivity index (χ1n) is 4.58. The van der Waals surface area contributed by atoms with Crippen LogP contribution in [-0.4, -0.2) is 37.5 Å². The van der Waals surface area contributed by atoms with Crippen LogP contribution in [0.1, 0.15) is 19.8 Å². The smallest absolute Gasteiger partial charge is 0.343 e. The number of ether oxygens (including phenoxy) is 1. The Hall–Kier alpha value is -1.32.